The number of likely N-dealkylation sites (tertiary alicyclic amines) is 1. The molecule has 0 radical (unpaired) electrons. The van der Waals surface area contributed by atoms with Crippen LogP contribution in [0.1, 0.15) is 44.8 Å². The number of nitrogens with two attached hydrogens (primary N) is 2. The number of alkyl halides is 1. The lowest BCUT2D eigenvalue weighted by atomic mass is 9.99. The Labute approximate surface area is 185 Å². The Bertz CT molecular complexity index is 1190. The number of fused-ring (bicyclic) bond motifs is 1. The number of hydrogen-bond acceptors (Lipinski definition) is 3. The van der Waals surface area contributed by atoms with Crippen LogP contribution in [-0.2, 0) is 6.54 Å². The highest BCUT2D eigenvalue weighted by molar-refractivity contribution is 6.02. The number of nitrogens with zero attached hydrogens (tertiary/aromatic N) is 2. The Morgan fingerprint density at radius 2 is 1.78 bits per heavy atom. The van der Waals surface area contributed by atoms with Crippen LogP contribution in [0, 0.1) is 11.3 Å². The lowest BCUT2D eigenvalue weighted by molar-refractivity contribution is 0.0646. The maximum absolute atomic E-state index is 13.5. The largest absolute Gasteiger partial charge is 0.384 e. The van der Waals surface area contributed by atoms with E-state index in [1.54, 1.807) is 41.3 Å². The summed E-state index contributed by atoms with van der Waals surface area (Å²) < 4.78 is 15.1. The van der Waals surface area contributed by atoms with E-state index in [9.17, 15) is 14.0 Å². The fraction of sp³-hybridized carbons (Fsp3) is 0.292. The normalized spacial score (nSPS) is 16.3. The first-order valence-electron chi connectivity index (χ1n) is 10.6. The van der Waals surface area contributed by atoms with E-state index in [0.717, 1.165) is 29.3 Å². The van der Waals surface area contributed by atoms with E-state index < -0.39 is 12.6 Å². The van der Waals surface area contributed by atoms with Crippen molar-refractivity contribution < 1.29 is 14.0 Å². The molecule has 166 valence electrons. The highest BCUT2D eigenvalue weighted by Crippen LogP contribution is 2.26. The summed E-state index contributed by atoms with van der Waals surface area (Å²) in [6, 6.07) is 14.1. The van der Waals surface area contributed by atoms with Crippen molar-refractivity contribution in [2.75, 3.05) is 19.8 Å². The van der Waals surface area contributed by atoms with Gasteiger partial charge < -0.3 is 20.9 Å². The lowest BCUT2D eigenvalue weighted by Gasteiger charge is -2.31. The highest BCUT2D eigenvalue weighted by atomic mass is 19.1. The third-order valence-corrected chi connectivity index (χ3v) is 6.04. The van der Waals surface area contributed by atoms with Crippen LogP contribution in [0.5, 0.6) is 0 Å². The van der Waals surface area contributed by atoms with E-state index in [2.05, 4.69) is 0 Å². The minimum atomic E-state index is -0.502. The van der Waals surface area contributed by atoms with Crippen molar-refractivity contribution in [3.05, 3.63) is 70.9 Å². The van der Waals surface area contributed by atoms with Gasteiger partial charge in [-0.2, -0.15) is 0 Å². The van der Waals surface area contributed by atoms with Crippen molar-refractivity contribution in [3.8, 4) is 0 Å². The monoisotopic (exact) mass is 435 g/mol. The summed E-state index contributed by atoms with van der Waals surface area (Å²) in [5.74, 6) is -0.828. The van der Waals surface area contributed by atoms with Crippen molar-refractivity contribution >= 4 is 28.6 Å². The number of carbonyl (C=O) groups is 2. The van der Waals surface area contributed by atoms with Crippen LogP contribution in [0.15, 0.2) is 48.5 Å². The van der Waals surface area contributed by atoms with Crippen molar-refractivity contribution in [1.29, 1.82) is 5.41 Å². The Morgan fingerprint density at radius 3 is 2.44 bits per heavy atom. The number of nitrogen functional groups attached to an aromatic ring is 1. The number of amides is 2. The molecule has 2 heterocycles. The van der Waals surface area contributed by atoms with Crippen molar-refractivity contribution in [3.63, 3.8) is 0 Å². The molecule has 0 unspecified atom stereocenters. The summed E-state index contributed by atoms with van der Waals surface area (Å²) in [6.07, 6.45) is 1.57. The zero-order chi connectivity index (χ0) is 22.8. The molecule has 0 bridgehead atoms. The summed E-state index contributed by atoms with van der Waals surface area (Å²) in [7, 11) is 0. The summed E-state index contributed by atoms with van der Waals surface area (Å²) >= 11 is 0. The van der Waals surface area contributed by atoms with Crippen LogP contribution in [0.2, 0.25) is 0 Å². The average molecular weight is 436 g/mol. The second kappa shape index (κ2) is 8.82. The SMILES string of the molecule is N=C(N)c1ccc2cc(C(=O)N3CCC[C@H](CF)C3)n(Cc3ccc(C(N)=O)cc3)c2c1. The molecular weight excluding hydrogens is 409 g/mol. The molecular formula is C24H26FN5O2. The van der Waals surface area contributed by atoms with E-state index in [4.69, 9.17) is 16.9 Å². The molecule has 1 saturated heterocycles. The predicted molar refractivity (Wildman–Crippen MR) is 122 cm³/mol. The van der Waals surface area contributed by atoms with Gasteiger partial charge in [0, 0.05) is 47.6 Å². The fourth-order valence-corrected chi connectivity index (χ4v) is 4.26. The Morgan fingerprint density at radius 1 is 1.06 bits per heavy atom. The minimum absolute atomic E-state index is 0.0554. The van der Waals surface area contributed by atoms with Crippen LogP contribution >= 0.6 is 0 Å². The molecule has 0 aliphatic carbocycles. The van der Waals surface area contributed by atoms with Crippen LogP contribution in [-0.4, -0.2) is 46.9 Å². The molecule has 7 nitrogen and oxygen atoms in total. The first-order valence-corrected chi connectivity index (χ1v) is 10.6. The number of halogens is 1. The molecule has 1 aliphatic heterocycles. The lowest BCUT2D eigenvalue weighted by Crippen LogP contribution is -2.41. The third-order valence-electron chi connectivity index (χ3n) is 6.04. The second-order valence-corrected chi connectivity index (χ2v) is 8.28. The zero-order valence-electron chi connectivity index (χ0n) is 17.7. The number of benzene rings is 2. The number of nitrogens with one attached hydrogen (secondary N) is 1. The molecule has 5 N–H and O–H groups in total. The highest BCUT2D eigenvalue weighted by Gasteiger charge is 2.27. The minimum Gasteiger partial charge on any atom is -0.384 e. The molecule has 1 fully saturated rings. The first-order chi connectivity index (χ1) is 15.4. The van der Waals surface area contributed by atoms with Crippen molar-refractivity contribution in [1.82, 2.24) is 9.47 Å². The number of rotatable bonds is 6. The van der Waals surface area contributed by atoms with Gasteiger partial charge in [-0.1, -0.05) is 24.3 Å². The van der Waals surface area contributed by atoms with Gasteiger partial charge in [0.15, 0.2) is 0 Å². The summed E-state index contributed by atoms with van der Waals surface area (Å²) in [5.41, 5.74) is 14.2. The van der Waals surface area contributed by atoms with Gasteiger partial charge in [0.1, 0.15) is 11.5 Å². The topological polar surface area (TPSA) is 118 Å². The van der Waals surface area contributed by atoms with Crippen LogP contribution in [0.25, 0.3) is 10.9 Å². The number of hydrogen-bond donors (Lipinski definition) is 3. The fourth-order valence-electron chi connectivity index (χ4n) is 4.26. The van der Waals surface area contributed by atoms with E-state index in [-0.39, 0.29) is 17.7 Å². The van der Waals surface area contributed by atoms with E-state index >= 15 is 0 Å². The van der Waals surface area contributed by atoms with Crippen LogP contribution in [0.3, 0.4) is 0 Å². The van der Waals surface area contributed by atoms with Gasteiger partial charge in [-0.25, -0.2) is 0 Å². The number of carbonyl (C=O) groups excluding carboxylic acids is 2. The third kappa shape index (κ3) is 4.21. The molecule has 3 aromatic rings. The molecule has 0 saturated carbocycles. The van der Waals surface area contributed by atoms with Crippen LogP contribution in [0.4, 0.5) is 4.39 Å². The number of piperidine rings is 1. The van der Waals surface area contributed by atoms with E-state index in [1.807, 2.05) is 16.7 Å². The number of aromatic nitrogens is 1. The smallest absolute Gasteiger partial charge is 0.270 e. The van der Waals surface area contributed by atoms with Crippen molar-refractivity contribution in [2.24, 2.45) is 17.4 Å². The van der Waals surface area contributed by atoms with Crippen molar-refractivity contribution in [2.45, 2.75) is 19.4 Å². The zero-order valence-corrected chi connectivity index (χ0v) is 17.7. The average Bonchev–Trinajstić information content (AvgIpc) is 3.16. The van der Waals surface area contributed by atoms with Gasteiger partial charge in [0.2, 0.25) is 5.91 Å². The van der Waals surface area contributed by atoms with Gasteiger partial charge in [-0.05, 0) is 42.7 Å². The van der Waals surface area contributed by atoms with Gasteiger partial charge >= 0.3 is 0 Å². The maximum Gasteiger partial charge on any atom is 0.270 e. The quantitative estimate of drug-likeness (QED) is 0.408. The molecule has 2 amide bonds. The predicted octanol–water partition coefficient (Wildman–Crippen LogP) is 2.89. The van der Waals surface area contributed by atoms with Crippen LogP contribution < -0.4 is 11.5 Å². The molecule has 8 heteroatoms. The maximum atomic E-state index is 13.5. The van der Waals surface area contributed by atoms with Gasteiger partial charge in [-0.3, -0.25) is 19.4 Å². The molecule has 0 spiro atoms. The van der Waals surface area contributed by atoms with Gasteiger partial charge in [0.05, 0.1) is 6.67 Å². The number of primary amides is 1. The van der Waals surface area contributed by atoms with Gasteiger partial charge in [-0.15, -0.1) is 0 Å². The molecule has 1 aromatic heterocycles. The molecule has 4 rings (SSSR count). The molecule has 1 atom stereocenters. The van der Waals surface area contributed by atoms with E-state index in [1.165, 1.54) is 0 Å². The molecule has 2 aromatic carbocycles. The molecule has 32 heavy (non-hydrogen) atoms. The van der Waals surface area contributed by atoms with Gasteiger partial charge in [0.25, 0.3) is 5.91 Å². The Hall–Kier alpha value is -3.68. The second-order valence-electron chi connectivity index (χ2n) is 8.28. The summed E-state index contributed by atoms with van der Waals surface area (Å²) in [5, 5.41) is 8.63. The Balaban J connectivity index is 1.76. The summed E-state index contributed by atoms with van der Waals surface area (Å²) in [6.45, 7) is 0.956. The molecule has 1 aliphatic rings. The Kier molecular flexibility index (Phi) is 5.94. The van der Waals surface area contributed by atoms with E-state index in [0.29, 0.717) is 36.5 Å². The summed E-state index contributed by atoms with van der Waals surface area (Å²) in [4.78, 5) is 26.6. The standard InChI is InChI=1S/C24H26FN5O2/c25-12-16-2-1-9-29(13-16)24(32)21-10-18-7-8-19(22(26)27)11-20(18)30(21)14-15-3-5-17(6-4-15)23(28)31/h3-8,10-11,16H,1-2,9,12-14H2,(H3,26,27)(H2,28,31)/t16-/m1/s1. The number of amidine groups is 1. The first kappa shape index (κ1) is 21.5.